The molecule has 1 heterocycles. The number of nitrogens with two attached hydrogens (primary N) is 1. The van der Waals surface area contributed by atoms with Gasteiger partial charge in [-0.3, -0.25) is 4.79 Å². The van der Waals surface area contributed by atoms with Gasteiger partial charge in [0.05, 0.1) is 5.69 Å². The van der Waals surface area contributed by atoms with Crippen LogP contribution < -0.4 is 16.2 Å². The first-order valence-corrected chi connectivity index (χ1v) is 8.82. The molecule has 1 aromatic heterocycles. The molecule has 3 rings (SSSR count). The average Bonchev–Trinajstić information content (AvgIpc) is 2.64. The Hall–Kier alpha value is -2.79. The number of nitrogens with zero attached hydrogens (tertiary/aromatic N) is 2. The topological polar surface area (TPSA) is 71.8 Å². The third-order valence-electron chi connectivity index (χ3n) is 4.19. The molecule has 6 heteroatoms. The normalized spacial score (nSPS) is 11.7. The molecule has 0 unspecified atom stereocenters. The minimum absolute atomic E-state index is 0.184. The Kier molecular flexibility index (Phi) is 5.28. The molecule has 3 aromatic rings. The van der Waals surface area contributed by atoms with Crippen LogP contribution in [0, 0.1) is 0 Å². The van der Waals surface area contributed by atoms with Gasteiger partial charge >= 0.3 is 0 Å². The molecule has 2 N–H and O–H groups in total. The monoisotopic (exact) mass is 369 g/mol. The Morgan fingerprint density at radius 2 is 1.81 bits per heavy atom. The third-order valence-corrected chi connectivity index (χ3v) is 4.44. The Balaban J connectivity index is 2.20. The molecule has 0 bridgehead atoms. The molecule has 0 aliphatic rings. The van der Waals surface area contributed by atoms with Gasteiger partial charge in [-0.1, -0.05) is 11.6 Å². The van der Waals surface area contributed by atoms with Crippen LogP contribution in [0.3, 0.4) is 0 Å². The molecule has 26 heavy (non-hydrogen) atoms. The number of rotatable bonds is 5. The van der Waals surface area contributed by atoms with Gasteiger partial charge in [-0.25, -0.2) is 4.99 Å². The molecule has 0 spiro atoms. The minimum atomic E-state index is -0.587. The van der Waals surface area contributed by atoms with Crippen molar-refractivity contribution < 1.29 is 9.21 Å². The summed E-state index contributed by atoms with van der Waals surface area (Å²) in [5, 5.41) is 1.41. The fraction of sp³-hybridized carbons (Fsp3) is 0.200. The molecule has 2 aromatic carbocycles. The Bertz CT molecular complexity index is 1010. The van der Waals surface area contributed by atoms with Crippen LogP contribution in [0.2, 0.25) is 5.02 Å². The molecule has 0 atom stereocenters. The van der Waals surface area contributed by atoms with Crippen LogP contribution in [0.15, 0.2) is 57.9 Å². The maximum absolute atomic E-state index is 11.9. The maximum Gasteiger partial charge on any atom is 0.254 e. The van der Waals surface area contributed by atoms with Gasteiger partial charge in [0.25, 0.3) is 5.91 Å². The molecule has 0 saturated heterocycles. The van der Waals surface area contributed by atoms with Crippen LogP contribution in [0.4, 0.5) is 11.4 Å². The second-order valence-corrected chi connectivity index (χ2v) is 6.25. The van der Waals surface area contributed by atoms with Gasteiger partial charge in [-0.15, -0.1) is 0 Å². The summed E-state index contributed by atoms with van der Waals surface area (Å²) in [4.78, 5) is 18.5. The van der Waals surface area contributed by atoms with Gasteiger partial charge in [-0.2, -0.15) is 0 Å². The van der Waals surface area contributed by atoms with E-state index in [0.29, 0.717) is 16.3 Å². The van der Waals surface area contributed by atoms with Gasteiger partial charge in [0.2, 0.25) is 5.55 Å². The molecule has 0 aliphatic carbocycles. The average molecular weight is 370 g/mol. The van der Waals surface area contributed by atoms with Crippen LogP contribution in [0.1, 0.15) is 24.2 Å². The number of hydrogen-bond donors (Lipinski definition) is 1. The van der Waals surface area contributed by atoms with Crippen molar-refractivity contribution in [1.82, 2.24) is 0 Å². The van der Waals surface area contributed by atoms with E-state index >= 15 is 0 Å². The number of amides is 1. The predicted octanol–water partition coefficient (Wildman–Crippen LogP) is 4.26. The zero-order valence-electron chi connectivity index (χ0n) is 14.7. The lowest BCUT2D eigenvalue weighted by molar-refractivity contribution is 0.0996. The van der Waals surface area contributed by atoms with Crippen molar-refractivity contribution in [2.24, 2.45) is 10.7 Å². The van der Waals surface area contributed by atoms with Crippen LogP contribution in [-0.4, -0.2) is 19.0 Å². The fourth-order valence-corrected chi connectivity index (χ4v) is 2.91. The lowest BCUT2D eigenvalue weighted by Gasteiger charge is -2.21. The number of fused-ring (bicyclic) bond motifs is 1. The van der Waals surface area contributed by atoms with Crippen molar-refractivity contribution in [3.05, 3.63) is 64.7 Å². The Morgan fingerprint density at radius 3 is 2.42 bits per heavy atom. The standard InChI is InChI=1S/C20H20ClN3O2/c1-3-24(4-2)16-10-5-13-11-17(19(22)25)20(26-18(13)12-16)23-15-8-6-14(21)7-9-15/h5-12H,3-4H2,1-2H3,(H2,22,25). The summed E-state index contributed by atoms with van der Waals surface area (Å²) in [5.74, 6) is -0.587. The second kappa shape index (κ2) is 7.62. The molecular formula is C20H20ClN3O2. The van der Waals surface area contributed by atoms with E-state index in [4.69, 9.17) is 21.8 Å². The second-order valence-electron chi connectivity index (χ2n) is 5.81. The SMILES string of the molecule is CCN(CC)c1ccc2cc(C(N)=O)c(=Nc3ccc(Cl)cc3)oc2c1. The van der Waals surface area contributed by atoms with E-state index in [1.54, 1.807) is 30.3 Å². The highest BCUT2D eigenvalue weighted by Crippen LogP contribution is 2.22. The summed E-state index contributed by atoms with van der Waals surface area (Å²) >= 11 is 5.91. The van der Waals surface area contributed by atoms with Gasteiger partial charge in [-0.05, 0) is 56.3 Å². The summed E-state index contributed by atoms with van der Waals surface area (Å²) in [6, 6.07) is 14.5. The number of carbonyl (C=O) groups excluding carboxylic acids is 1. The third kappa shape index (κ3) is 3.73. The van der Waals surface area contributed by atoms with E-state index in [-0.39, 0.29) is 11.1 Å². The highest BCUT2D eigenvalue weighted by molar-refractivity contribution is 6.30. The number of anilines is 1. The van der Waals surface area contributed by atoms with Crippen LogP contribution in [-0.2, 0) is 0 Å². The minimum Gasteiger partial charge on any atom is -0.437 e. The molecule has 5 nitrogen and oxygen atoms in total. The summed E-state index contributed by atoms with van der Waals surface area (Å²) in [5.41, 5.74) is 8.26. The smallest absolute Gasteiger partial charge is 0.254 e. The first kappa shape index (κ1) is 18.0. The van der Waals surface area contributed by atoms with Gasteiger partial charge in [0, 0.05) is 35.3 Å². The van der Waals surface area contributed by atoms with Crippen molar-refractivity contribution in [2.45, 2.75) is 13.8 Å². The molecule has 0 fully saturated rings. The van der Waals surface area contributed by atoms with E-state index < -0.39 is 5.91 Å². The summed E-state index contributed by atoms with van der Waals surface area (Å²) in [7, 11) is 0. The lowest BCUT2D eigenvalue weighted by atomic mass is 10.1. The van der Waals surface area contributed by atoms with E-state index in [9.17, 15) is 4.79 Å². The van der Waals surface area contributed by atoms with Gasteiger partial charge in [0.1, 0.15) is 11.1 Å². The zero-order valence-corrected chi connectivity index (χ0v) is 15.5. The largest absolute Gasteiger partial charge is 0.437 e. The quantitative estimate of drug-likeness (QED) is 0.730. The van der Waals surface area contributed by atoms with Crippen LogP contribution >= 0.6 is 11.6 Å². The number of benzene rings is 2. The van der Waals surface area contributed by atoms with Crippen LogP contribution in [0.25, 0.3) is 11.0 Å². The number of halogens is 1. The van der Waals surface area contributed by atoms with Crippen molar-refractivity contribution in [2.75, 3.05) is 18.0 Å². The van der Waals surface area contributed by atoms with E-state index in [2.05, 4.69) is 23.7 Å². The lowest BCUT2D eigenvalue weighted by Crippen LogP contribution is -2.22. The molecule has 0 aliphatic heterocycles. The highest BCUT2D eigenvalue weighted by Gasteiger charge is 2.11. The van der Waals surface area contributed by atoms with E-state index in [0.717, 1.165) is 24.2 Å². The van der Waals surface area contributed by atoms with Crippen LogP contribution in [0.5, 0.6) is 0 Å². The fourth-order valence-electron chi connectivity index (χ4n) is 2.78. The van der Waals surface area contributed by atoms with Crippen molar-refractivity contribution >= 4 is 39.9 Å². The summed E-state index contributed by atoms with van der Waals surface area (Å²) in [6.07, 6.45) is 0. The van der Waals surface area contributed by atoms with E-state index in [1.165, 1.54) is 0 Å². The molecular weight excluding hydrogens is 350 g/mol. The summed E-state index contributed by atoms with van der Waals surface area (Å²) in [6.45, 7) is 5.98. The maximum atomic E-state index is 11.9. The molecule has 1 amide bonds. The first-order valence-electron chi connectivity index (χ1n) is 8.44. The van der Waals surface area contributed by atoms with Crippen molar-refractivity contribution in [3.8, 4) is 0 Å². The predicted molar refractivity (Wildman–Crippen MR) is 105 cm³/mol. The van der Waals surface area contributed by atoms with Crippen molar-refractivity contribution in [3.63, 3.8) is 0 Å². The molecule has 134 valence electrons. The Morgan fingerprint density at radius 1 is 1.12 bits per heavy atom. The Labute approximate surface area is 156 Å². The van der Waals surface area contributed by atoms with Crippen molar-refractivity contribution in [1.29, 1.82) is 0 Å². The first-order chi connectivity index (χ1) is 12.5. The summed E-state index contributed by atoms with van der Waals surface area (Å²) < 4.78 is 5.94. The zero-order chi connectivity index (χ0) is 18.7. The number of carbonyl (C=O) groups is 1. The molecule has 0 radical (unpaired) electrons. The number of primary amides is 1. The van der Waals surface area contributed by atoms with E-state index in [1.807, 2.05) is 18.2 Å². The van der Waals surface area contributed by atoms with Gasteiger partial charge in [0.15, 0.2) is 0 Å². The molecule has 0 saturated carbocycles. The highest BCUT2D eigenvalue weighted by atomic mass is 35.5. The number of hydrogen-bond acceptors (Lipinski definition) is 4. The van der Waals surface area contributed by atoms with Gasteiger partial charge < -0.3 is 15.1 Å².